The van der Waals surface area contributed by atoms with Gasteiger partial charge in [-0.2, -0.15) is 0 Å². The van der Waals surface area contributed by atoms with Crippen LogP contribution >= 0.6 is 0 Å². The first-order valence-electron chi connectivity index (χ1n) is 5.93. The molecule has 2 heteroatoms. The Labute approximate surface area is 101 Å². The molecule has 0 aliphatic heterocycles. The van der Waals surface area contributed by atoms with Crippen LogP contribution in [0.5, 0.6) is 0 Å². The molecule has 0 saturated carbocycles. The first kappa shape index (κ1) is 13.2. The Morgan fingerprint density at radius 1 is 1.12 bits per heavy atom. The summed E-state index contributed by atoms with van der Waals surface area (Å²) in [6.07, 6.45) is 9.08. The minimum atomic E-state index is -0.877. The van der Waals surface area contributed by atoms with Crippen LogP contribution in [0.4, 0.5) is 0 Å². The summed E-state index contributed by atoms with van der Waals surface area (Å²) in [5.41, 5.74) is 0. The van der Waals surface area contributed by atoms with Crippen LogP contribution in [0.1, 0.15) is 32.6 Å². The fourth-order valence-electron chi connectivity index (χ4n) is 1.45. The first-order valence-corrected chi connectivity index (χ1v) is 7.25. The molecule has 1 aromatic carbocycles. The molecule has 0 aliphatic rings. The van der Waals surface area contributed by atoms with Gasteiger partial charge in [-0.25, -0.2) is 0 Å². The smallest absolute Gasteiger partial charge is 0.0567 e. The van der Waals surface area contributed by atoms with Crippen molar-refractivity contribution in [1.82, 2.24) is 0 Å². The van der Waals surface area contributed by atoms with Gasteiger partial charge in [0.05, 0.1) is 10.8 Å². The van der Waals surface area contributed by atoms with Crippen molar-refractivity contribution < 1.29 is 4.21 Å². The summed E-state index contributed by atoms with van der Waals surface area (Å²) >= 11 is 0. The highest BCUT2D eigenvalue weighted by atomic mass is 32.2. The molecule has 0 amide bonds. The number of hydrogen-bond donors (Lipinski definition) is 0. The number of unbranched alkanes of at least 4 members (excludes halogenated alkanes) is 3. The van der Waals surface area contributed by atoms with Crippen LogP contribution in [-0.2, 0) is 10.8 Å². The van der Waals surface area contributed by atoms with E-state index in [-0.39, 0.29) is 0 Å². The second kappa shape index (κ2) is 8.28. The number of benzene rings is 1. The zero-order chi connectivity index (χ0) is 11.6. The van der Waals surface area contributed by atoms with Crippen molar-refractivity contribution in [2.45, 2.75) is 37.5 Å². The molecule has 1 aromatic rings. The summed E-state index contributed by atoms with van der Waals surface area (Å²) in [6.45, 7) is 2.20. The minimum absolute atomic E-state index is 0.635. The molecule has 1 atom stereocenters. The molecular formula is C14H20OS. The van der Waals surface area contributed by atoms with E-state index in [2.05, 4.69) is 13.0 Å². The number of rotatable bonds is 7. The molecule has 0 radical (unpaired) electrons. The SMILES string of the molecule is CCCCCC=CCS(=O)c1ccccc1. The second-order valence-corrected chi connectivity index (χ2v) is 5.29. The van der Waals surface area contributed by atoms with Crippen molar-refractivity contribution >= 4 is 10.8 Å². The lowest BCUT2D eigenvalue weighted by Crippen LogP contribution is -1.94. The average Bonchev–Trinajstić information content (AvgIpc) is 2.34. The third kappa shape index (κ3) is 5.26. The quantitative estimate of drug-likeness (QED) is 0.518. The predicted octanol–water partition coefficient (Wildman–Crippen LogP) is 3.93. The van der Waals surface area contributed by atoms with Crippen molar-refractivity contribution in [2.24, 2.45) is 0 Å². The minimum Gasteiger partial charge on any atom is -0.254 e. The van der Waals surface area contributed by atoms with E-state index in [9.17, 15) is 4.21 Å². The highest BCUT2D eigenvalue weighted by Crippen LogP contribution is 2.06. The fourth-order valence-corrected chi connectivity index (χ4v) is 2.42. The Bertz CT molecular complexity index is 330. The maximum atomic E-state index is 11.8. The van der Waals surface area contributed by atoms with Gasteiger partial charge in [-0.1, -0.05) is 50.1 Å². The van der Waals surface area contributed by atoms with Crippen molar-refractivity contribution in [1.29, 1.82) is 0 Å². The monoisotopic (exact) mass is 236 g/mol. The molecule has 1 nitrogen and oxygen atoms in total. The Morgan fingerprint density at radius 2 is 1.88 bits per heavy atom. The molecule has 16 heavy (non-hydrogen) atoms. The van der Waals surface area contributed by atoms with E-state index >= 15 is 0 Å². The van der Waals surface area contributed by atoms with Crippen LogP contribution in [0.3, 0.4) is 0 Å². The highest BCUT2D eigenvalue weighted by molar-refractivity contribution is 7.85. The van der Waals surface area contributed by atoms with Crippen LogP contribution in [0.2, 0.25) is 0 Å². The Hall–Kier alpha value is -0.890. The molecule has 0 heterocycles. The molecule has 1 unspecified atom stereocenters. The zero-order valence-corrected chi connectivity index (χ0v) is 10.7. The normalized spacial score (nSPS) is 13.1. The van der Waals surface area contributed by atoms with E-state index < -0.39 is 10.8 Å². The summed E-state index contributed by atoms with van der Waals surface area (Å²) in [7, 11) is -0.877. The van der Waals surface area contributed by atoms with Gasteiger partial charge >= 0.3 is 0 Å². The van der Waals surface area contributed by atoms with Gasteiger partial charge in [0.15, 0.2) is 0 Å². The number of allylic oxidation sites excluding steroid dienone is 1. The van der Waals surface area contributed by atoms with Crippen LogP contribution in [-0.4, -0.2) is 9.96 Å². The van der Waals surface area contributed by atoms with Gasteiger partial charge in [-0.15, -0.1) is 0 Å². The summed E-state index contributed by atoms with van der Waals surface area (Å²) in [6, 6.07) is 9.64. The van der Waals surface area contributed by atoms with E-state index in [0.29, 0.717) is 5.75 Å². The van der Waals surface area contributed by atoms with E-state index in [1.54, 1.807) is 0 Å². The number of hydrogen-bond acceptors (Lipinski definition) is 1. The zero-order valence-electron chi connectivity index (χ0n) is 9.89. The molecule has 0 spiro atoms. The standard InChI is InChI=1S/C14H20OS/c1-2-3-4-5-6-10-13-16(15)14-11-8-7-9-12-14/h6-12H,2-5,13H2,1H3. The second-order valence-electron chi connectivity index (χ2n) is 3.79. The molecule has 0 bridgehead atoms. The van der Waals surface area contributed by atoms with Gasteiger partial charge in [-0.05, 0) is 25.0 Å². The van der Waals surface area contributed by atoms with Crippen molar-refractivity contribution in [3.63, 3.8) is 0 Å². The van der Waals surface area contributed by atoms with Crippen LogP contribution in [0, 0.1) is 0 Å². The maximum absolute atomic E-state index is 11.8. The lowest BCUT2D eigenvalue weighted by atomic mass is 10.2. The summed E-state index contributed by atoms with van der Waals surface area (Å²) in [4.78, 5) is 0.917. The molecule has 0 N–H and O–H groups in total. The van der Waals surface area contributed by atoms with E-state index in [0.717, 1.165) is 11.3 Å². The lowest BCUT2D eigenvalue weighted by molar-refractivity contribution is 0.685. The Kier molecular flexibility index (Phi) is 6.82. The van der Waals surface area contributed by atoms with Crippen molar-refractivity contribution in [3.05, 3.63) is 42.5 Å². The first-order chi connectivity index (χ1) is 7.84. The highest BCUT2D eigenvalue weighted by Gasteiger charge is 1.98. The molecule has 0 aromatic heterocycles. The van der Waals surface area contributed by atoms with Gasteiger partial charge in [0, 0.05) is 10.6 Å². The predicted molar refractivity (Wildman–Crippen MR) is 71.0 cm³/mol. The fraction of sp³-hybridized carbons (Fsp3) is 0.429. The third-order valence-electron chi connectivity index (χ3n) is 2.39. The lowest BCUT2D eigenvalue weighted by Gasteiger charge is -1.97. The van der Waals surface area contributed by atoms with Crippen LogP contribution in [0.15, 0.2) is 47.4 Å². The molecule has 88 valence electrons. The molecule has 0 fully saturated rings. The summed E-state index contributed by atoms with van der Waals surface area (Å²) < 4.78 is 11.8. The molecule has 1 rings (SSSR count). The van der Waals surface area contributed by atoms with Crippen molar-refractivity contribution in [2.75, 3.05) is 5.75 Å². The Morgan fingerprint density at radius 3 is 2.56 bits per heavy atom. The summed E-state index contributed by atoms with van der Waals surface area (Å²) in [5.74, 6) is 0.635. The molecule has 0 aliphatic carbocycles. The van der Waals surface area contributed by atoms with Gasteiger partial charge in [0.1, 0.15) is 0 Å². The maximum Gasteiger partial charge on any atom is 0.0567 e. The topological polar surface area (TPSA) is 17.1 Å². The molecule has 0 saturated heterocycles. The van der Waals surface area contributed by atoms with E-state index in [1.165, 1.54) is 19.3 Å². The molecular weight excluding hydrogens is 216 g/mol. The van der Waals surface area contributed by atoms with Gasteiger partial charge < -0.3 is 0 Å². The van der Waals surface area contributed by atoms with Crippen molar-refractivity contribution in [3.8, 4) is 0 Å². The van der Waals surface area contributed by atoms with E-state index in [4.69, 9.17) is 0 Å². The van der Waals surface area contributed by atoms with Gasteiger partial charge in [0.25, 0.3) is 0 Å². The third-order valence-corrected chi connectivity index (χ3v) is 3.69. The average molecular weight is 236 g/mol. The summed E-state index contributed by atoms with van der Waals surface area (Å²) in [5, 5.41) is 0. The van der Waals surface area contributed by atoms with Gasteiger partial charge in [-0.3, -0.25) is 4.21 Å². The Balaban J connectivity index is 2.25. The van der Waals surface area contributed by atoms with Gasteiger partial charge in [0.2, 0.25) is 0 Å². The van der Waals surface area contributed by atoms with E-state index in [1.807, 2.05) is 36.4 Å². The van der Waals surface area contributed by atoms with Crippen LogP contribution < -0.4 is 0 Å². The van der Waals surface area contributed by atoms with Crippen LogP contribution in [0.25, 0.3) is 0 Å². The largest absolute Gasteiger partial charge is 0.254 e.